The summed E-state index contributed by atoms with van der Waals surface area (Å²) in [6.45, 7) is 0.407. The van der Waals surface area contributed by atoms with Crippen molar-refractivity contribution < 1.29 is 14.7 Å². The Morgan fingerprint density at radius 1 is 1.42 bits per heavy atom. The van der Waals surface area contributed by atoms with Crippen molar-refractivity contribution in [3.63, 3.8) is 0 Å². The van der Waals surface area contributed by atoms with Gasteiger partial charge in [0.1, 0.15) is 17.7 Å². The molecule has 0 aromatic heterocycles. The lowest BCUT2D eigenvalue weighted by Gasteiger charge is -2.13. The van der Waals surface area contributed by atoms with E-state index in [0.29, 0.717) is 23.7 Å². The highest BCUT2D eigenvalue weighted by atomic mass is 35.5. The highest BCUT2D eigenvalue weighted by Crippen LogP contribution is 2.09. The fraction of sp³-hybridized carbons (Fsp3) is 0.312. The van der Waals surface area contributed by atoms with Gasteiger partial charge in [0.05, 0.1) is 0 Å². The van der Waals surface area contributed by atoms with Crippen LogP contribution in [-0.4, -0.2) is 35.0 Å². The van der Waals surface area contributed by atoms with Crippen molar-refractivity contribution in [2.24, 2.45) is 0 Å². The van der Waals surface area contributed by atoms with E-state index in [1.807, 2.05) is 18.4 Å². The largest absolute Gasteiger partial charge is 0.480 e. The predicted molar refractivity (Wildman–Crippen MR) is 94.6 cm³/mol. The third kappa shape index (κ3) is 6.94. The normalized spacial score (nSPS) is 12.1. The summed E-state index contributed by atoms with van der Waals surface area (Å²) < 4.78 is 0. The van der Waals surface area contributed by atoms with Crippen LogP contribution in [0, 0.1) is 11.3 Å². The Bertz CT molecular complexity index is 641. The van der Waals surface area contributed by atoms with Crippen molar-refractivity contribution in [3.8, 4) is 6.07 Å². The van der Waals surface area contributed by atoms with E-state index in [0.717, 1.165) is 5.56 Å². The average Bonchev–Trinajstić information content (AvgIpc) is 2.56. The van der Waals surface area contributed by atoms with Crippen LogP contribution in [0.4, 0.5) is 0 Å². The van der Waals surface area contributed by atoms with Gasteiger partial charge in [-0.1, -0.05) is 23.7 Å². The molecule has 8 heteroatoms. The molecule has 6 nitrogen and oxygen atoms in total. The van der Waals surface area contributed by atoms with Crippen molar-refractivity contribution in [1.82, 2.24) is 10.6 Å². The minimum Gasteiger partial charge on any atom is -0.480 e. The van der Waals surface area contributed by atoms with Crippen LogP contribution in [-0.2, 0) is 16.1 Å². The smallest absolute Gasteiger partial charge is 0.326 e. The second kappa shape index (κ2) is 10.6. The van der Waals surface area contributed by atoms with Crippen molar-refractivity contribution >= 4 is 35.2 Å². The zero-order chi connectivity index (χ0) is 17.9. The van der Waals surface area contributed by atoms with Crippen LogP contribution in [0.1, 0.15) is 12.0 Å². The summed E-state index contributed by atoms with van der Waals surface area (Å²) in [5.74, 6) is -1.24. The Hall–Kier alpha value is -2.17. The Kier molecular flexibility index (Phi) is 8.76. The van der Waals surface area contributed by atoms with E-state index in [4.69, 9.17) is 22.0 Å². The lowest BCUT2D eigenvalue weighted by atomic mass is 10.2. The van der Waals surface area contributed by atoms with Crippen molar-refractivity contribution in [3.05, 3.63) is 46.6 Å². The number of carbonyl (C=O) groups is 2. The lowest BCUT2D eigenvalue weighted by molar-refractivity contribution is -0.141. The molecule has 0 aliphatic carbocycles. The molecule has 3 N–H and O–H groups in total. The molecule has 0 saturated heterocycles. The van der Waals surface area contributed by atoms with E-state index < -0.39 is 17.9 Å². The van der Waals surface area contributed by atoms with Crippen LogP contribution in [0.25, 0.3) is 0 Å². The molecule has 1 aromatic carbocycles. The minimum atomic E-state index is -1.12. The first kappa shape index (κ1) is 19.9. The van der Waals surface area contributed by atoms with E-state index >= 15 is 0 Å². The first-order valence-electron chi connectivity index (χ1n) is 7.08. The maximum Gasteiger partial charge on any atom is 0.326 e. The molecule has 0 aliphatic rings. The highest BCUT2D eigenvalue weighted by Gasteiger charge is 2.21. The van der Waals surface area contributed by atoms with Gasteiger partial charge in [0.25, 0.3) is 5.91 Å². The molecule has 0 heterocycles. The number of nitriles is 1. The predicted octanol–water partition coefficient (Wildman–Crippen LogP) is 2.16. The summed E-state index contributed by atoms with van der Waals surface area (Å²) in [6, 6.07) is 7.86. The van der Waals surface area contributed by atoms with Crippen LogP contribution in [0.3, 0.4) is 0 Å². The monoisotopic (exact) mass is 367 g/mol. The molecule has 24 heavy (non-hydrogen) atoms. The number of rotatable bonds is 9. The first-order chi connectivity index (χ1) is 11.5. The van der Waals surface area contributed by atoms with E-state index in [1.165, 1.54) is 18.0 Å². The standard InChI is InChI=1S/C16H18ClN3O3S/c1-24-7-6-14(16(22)23)20-15(21)12(8-18)10-19-9-11-2-4-13(17)5-3-11/h2-5,10,14,19H,6-7,9H2,1H3,(H,20,21)(H,22,23)/b12-10-. The van der Waals surface area contributed by atoms with Crippen LogP contribution in [0.2, 0.25) is 5.02 Å². The minimum absolute atomic E-state index is 0.181. The van der Waals surface area contributed by atoms with E-state index in [2.05, 4.69) is 10.6 Å². The Labute approximate surface area is 149 Å². The zero-order valence-electron chi connectivity index (χ0n) is 13.1. The van der Waals surface area contributed by atoms with E-state index in [1.54, 1.807) is 18.2 Å². The van der Waals surface area contributed by atoms with Gasteiger partial charge in [-0.3, -0.25) is 4.79 Å². The van der Waals surface area contributed by atoms with Gasteiger partial charge in [-0.2, -0.15) is 17.0 Å². The van der Waals surface area contributed by atoms with Crippen molar-refractivity contribution in [1.29, 1.82) is 5.26 Å². The van der Waals surface area contributed by atoms with Gasteiger partial charge in [-0.25, -0.2) is 4.79 Å². The molecule has 0 saturated carbocycles. The second-order valence-electron chi connectivity index (χ2n) is 4.82. The molecule has 1 atom stereocenters. The highest BCUT2D eigenvalue weighted by molar-refractivity contribution is 7.98. The van der Waals surface area contributed by atoms with Crippen molar-refractivity contribution in [2.45, 2.75) is 19.0 Å². The average molecular weight is 368 g/mol. The second-order valence-corrected chi connectivity index (χ2v) is 6.24. The number of thioether (sulfide) groups is 1. The molecular weight excluding hydrogens is 350 g/mol. The van der Waals surface area contributed by atoms with Crippen molar-refractivity contribution in [2.75, 3.05) is 12.0 Å². The molecule has 1 unspecified atom stereocenters. The number of hydrogen-bond donors (Lipinski definition) is 3. The number of carboxylic acid groups (broad SMARTS) is 1. The van der Waals surface area contributed by atoms with Gasteiger partial charge < -0.3 is 15.7 Å². The van der Waals surface area contributed by atoms with Gasteiger partial charge in [0.2, 0.25) is 0 Å². The summed E-state index contributed by atoms with van der Waals surface area (Å²) in [7, 11) is 0. The van der Waals surface area contributed by atoms with Gasteiger partial charge in [-0.15, -0.1) is 0 Å². The molecule has 0 aliphatic heterocycles. The molecule has 1 amide bonds. The number of benzene rings is 1. The maximum absolute atomic E-state index is 12.0. The lowest BCUT2D eigenvalue weighted by Crippen LogP contribution is -2.41. The fourth-order valence-electron chi connectivity index (χ4n) is 1.75. The number of carboxylic acids is 1. The number of carbonyl (C=O) groups excluding carboxylic acids is 1. The molecule has 128 valence electrons. The molecular formula is C16H18ClN3O3S. The third-order valence-electron chi connectivity index (χ3n) is 3.04. The first-order valence-corrected chi connectivity index (χ1v) is 8.85. The van der Waals surface area contributed by atoms with Gasteiger partial charge in [0, 0.05) is 17.8 Å². The number of hydrogen-bond acceptors (Lipinski definition) is 5. The number of halogens is 1. The van der Waals surface area contributed by atoms with Crippen LogP contribution in [0.15, 0.2) is 36.0 Å². The van der Waals surface area contributed by atoms with Gasteiger partial charge in [0.15, 0.2) is 0 Å². The summed E-state index contributed by atoms with van der Waals surface area (Å²) in [4.78, 5) is 23.1. The molecule has 1 rings (SSSR count). The quantitative estimate of drug-likeness (QED) is 0.456. The van der Waals surface area contributed by atoms with E-state index in [-0.39, 0.29) is 5.57 Å². The summed E-state index contributed by atoms with van der Waals surface area (Å²) >= 11 is 7.28. The fourth-order valence-corrected chi connectivity index (χ4v) is 2.35. The van der Waals surface area contributed by atoms with Crippen LogP contribution in [0.5, 0.6) is 0 Å². The summed E-state index contributed by atoms with van der Waals surface area (Å²) in [5.41, 5.74) is 0.746. The van der Waals surface area contributed by atoms with Gasteiger partial charge in [-0.05, 0) is 36.1 Å². The van der Waals surface area contributed by atoms with Crippen LogP contribution < -0.4 is 10.6 Å². The molecule has 0 radical (unpaired) electrons. The molecule has 0 spiro atoms. The molecule has 1 aromatic rings. The number of nitrogens with one attached hydrogen (secondary N) is 2. The number of amides is 1. The van der Waals surface area contributed by atoms with Gasteiger partial charge >= 0.3 is 5.97 Å². The third-order valence-corrected chi connectivity index (χ3v) is 3.94. The van der Waals surface area contributed by atoms with E-state index in [9.17, 15) is 9.59 Å². The maximum atomic E-state index is 12.0. The SMILES string of the molecule is CSCCC(NC(=O)/C(C#N)=C\NCc1ccc(Cl)cc1)C(=O)O. The summed E-state index contributed by atoms with van der Waals surface area (Å²) in [6.07, 6.45) is 3.42. The summed E-state index contributed by atoms with van der Waals surface area (Å²) in [5, 5.41) is 24.0. The Morgan fingerprint density at radius 3 is 2.62 bits per heavy atom. The van der Waals surface area contributed by atoms with Crippen LogP contribution >= 0.6 is 23.4 Å². The topological polar surface area (TPSA) is 102 Å². The number of nitrogens with zero attached hydrogens (tertiary/aromatic N) is 1. The molecule has 0 bridgehead atoms. The Morgan fingerprint density at radius 2 is 2.08 bits per heavy atom. The zero-order valence-corrected chi connectivity index (χ0v) is 14.7. The Balaban J connectivity index is 2.62. The molecule has 0 fully saturated rings. The number of aliphatic carboxylic acids is 1.